The summed E-state index contributed by atoms with van der Waals surface area (Å²) >= 11 is 0. The molecule has 2 fully saturated rings. The van der Waals surface area contributed by atoms with Crippen LogP contribution < -0.4 is 15.4 Å². The number of amides is 2. The molecule has 0 radical (unpaired) electrons. The largest absolute Gasteiger partial charge is 0.444 e. The standard InChI is InChI=1S/C37H66O6.C10H21NO2.2C9H20O2.C7H15NO.C7H17N.C6H15NO2S.6W/c1-34(2,3)17-30-13-28-15-32(36(7,8)9)23-42-27-43-24-33(37(10,11)12)16-29(20-39-25-38-19-28)14-31(18-35(4,5)6)22-41-26-40-21-30;1-9(2,3)7-11-8(12)13-10(4,5)6;2*1-9(2,3)5-6-11-8-7-10-4;1-6(9)8-5-7(2,3)4;1-7(2,3)6-8(4)5;1-6(2,3)5-7-10(4,8)9;;;;;;/h13-27H2,1-12H3;7H2,1-6H3,(H,11,12);2*5-8H2,1-4H3;5H2,1-4H3,(H,8,9);6H2,1-5H3;7H,5H2,1-4H3;;;;;;/q-6;;;;;;;;;;;;. The van der Waals surface area contributed by atoms with Crippen molar-refractivity contribution in [2.24, 2.45) is 54.1 Å². The average Bonchev–Trinajstić information content (AvgIpc) is 0.860. The topological polar surface area (TPSA) is 209 Å². The van der Waals surface area contributed by atoms with Crippen molar-refractivity contribution in [1.82, 2.24) is 20.3 Å². The van der Waals surface area contributed by atoms with Gasteiger partial charge < -0.3 is 129 Å². The molecule has 0 atom stereocenters. The van der Waals surface area contributed by atoms with Gasteiger partial charge in [0.15, 0.2) is 0 Å². The Balaban J connectivity index is -0.000000134. The third-order valence-corrected chi connectivity index (χ3v) is 15.1. The van der Waals surface area contributed by atoms with Gasteiger partial charge >= 0.3 is 6.09 Å². The number of hydrogen-bond donors (Lipinski definition) is 3. The monoisotopic (exact) mass is 2630 g/mol. The Morgan fingerprint density at radius 2 is 0.703 bits per heavy atom. The van der Waals surface area contributed by atoms with Gasteiger partial charge in [-0.3, -0.25) is 4.79 Å². The van der Waals surface area contributed by atoms with Crippen LogP contribution in [-0.2, 0) is 193 Å². The molecule has 0 spiro atoms. The predicted molar refractivity (Wildman–Crippen MR) is 441 cm³/mol. The Morgan fingerprint density at radius 3 is 0.919 bits per heavy atom. The molecule has 0 aliphatic carbocycles. The number of sulfonamides is 1. The Morgan fingerprint density at radius 1 is 0.396 bits per heavy atom. The van der Waals surface area contributed by atoms with E-state index in [0.717, 1.165) is 77.7 Å². The van der Waals surface area contributed by atoms with E-state index in [1.54, 1.807) is 14.2 Å². The minimum absolute atomic E-state index is 0. The van der Waals surface area contributed by atoms with Gasteiger partial charge in [0.1, 0.15) is 26.0 Å². The molecule has 0 saturated carbocycles. The van der Waals surface area contributed by atoms with Crippen molar-refractivity contribution in [1.29, 1.82) is 0 Å². The SMILES string of the molecule is CC(=O)NCC(C)(C)C.CC(C)(C)CNC(=O)OC(C)(C)C.CC(C)(C)CNS(C)(=O)=O.CC(C)(C)C[C-]1COCOC[C-](CC(C)(C)C)C[C-]2COCOC[C-](C1)C[C-](C(C)(C)C)COCOC[C-](C(C)(C)C)C2.CN(C)CC(C)(C)C.COCCOCCC(C)(C)C.COCCOCCC(C)(C)C.[W].[W].[W].[W].[W].[W]. The van der Waals surface area contributed by atoms with E-state index in [4.69, 9.17) is 52.1 Å². The van der Waals surface area contributed by atoms with Gasteiger partial charge in [0.05, 0.1) is 32.7 Å². The summed E-state index contributed by atoms with van der Waals surface area (Å²) in [5.41, 5.74) is 1.41. The second-order valence-corrected chi connectivity index (χ2v) is 43.3. The molecule has 111 heavy (non-hydrogen) atoms. The molecule has 3 N–H and O–H groups in total. The van der Waals surface area contributed by atoms with Gasteiger partial charge in [0, 0.05) is 187 Å². The number of carbonyl (C=O) groups excluding carboxylic acids is 2. The Kier molecular flexibility index (Phi) is 84.6. The van der Waals surface area contributed by atoms with Crippen molar-refractivity contribution in [3.63, 3.8) is 0 Å². The molecular formula is C85H174N4O15SW6-6. The van der Waals surface area contributed by atoms with Crippen molar-refractivity contribution in [3.05, 3.63) is 35.5 Å². The first-order chi connectivity index (χ1) is 47.1. The molecule has 2 heterocycles. The van der Waals surface area contributed by atoms with Crippen LogP contribution in [-0.4, -0.2) is 191 Å². The first-order valence-corrected chi connectivity index (χ1v) is 40.4. The number of hydrogen-bond acceptors (Lipinski definition) is 16. The van der Waals surface area contributed by atoms with Gasteiger partial charge in [-0.2, -0.15) is 23.7 Å². The molecule has 672 valence electrons. The molecule has 2 rings (SSSR count). The number of rotatable bonds is 17. The summed E-state index contributed by atoms with van der Waals surface area (Å²) in [5.74, 6) is 8.13. The number of methoxy groups -OCH3 is 2. The molecule has 0 aromatic carbocycles. The molecule has 0 aromatic rings. The molecule has 26 heteroatoms. The quantitative estimate of drug-likeness (QED) is 0.0913. The average molecular weight is 2630 g/mol. The Labute approximate surface area is 773 Å². The zero-order valence-electron chi connectivity index (χ0n) is 78.5. The second-order valence-electron chi connectivity index (χ2n) is 41.5. The van der Waals surface area contributed by atoms with E-state index in [9.17, 15) is 18.0 Å². The molecule has 0 unspecified atom stereocenters. The van der Waals surface area contributed by atoms with Gasteiger partial charge in [-0.05, 0) is 80.2 Å². The van der Waals surface area contributed by atoms with Crippen LogP contribution in [0, 0.1) is 89.7 Å². The minimum atomic E-state index is -3.01. The zero-order valence-corrected chi connectivity index (χ0v) is 96.9. The minimum Gasteiger partial charge on any atom is -0.444 e. The summed E-state index contributed by atoms with van der Waals surface area (Å²) in [5, 5.41) is 5.46. The van der Waals surface area contributed by atoms with E-state index >= 15 is 0 Å². The fourth-order valence-corrected chi connectivity index (χ4v) is 10.1. The summed E-state index contributed by atoms with van der Waals surface area (Å²) in [6.45, 7) is 84.6. The third-order valence-electron chi connectivity index (χ3n) is 14.4. The number of nitrogens with zero attached hydrogens (tertiary/aromatic N) is 1. The number of ether oxygens (including phenoxy) is 11. The third kappa shape index (κ3) is 114. The van der Waals surface area contributed by atoms with Crippen LogP contribution in [0.3, 0.4) is 0 Å². The second kappa shape index (κ2) is 68.7. The number of carbonyl (C=O) groups is 2. The maximum Gasteiger partial charge on any atom is 0.407 e. The van der Waals surface area contributed by atoms with E-state index in [1.807, 2.05) is 41.5 Å². The van der Waals surface area contributed by atoms with Crippen LogP contribution in [0.5, 0.6) is 0 Å². The Bertz CT molecular complexity index is 2160. The van der Waals surface area contributed by atoms with Crippen LogP contribution in [0.2, 0.25) is 0 Å². The molecule has 2 aliphatic heterocycles. The molecule has 0 aromatic heterocycles. The number of alkyl carbamates (subject to hydrolysis) is 1. The van der Waals surface area contributed by atoms with Gasteiger partial charge in [-0.1, -0.05) is 258 Å². The maximum atomic E-state index is 11.2. The van der Waals surface area contributed by atoms with Crippen LogP contribution in [0.15, 0.2) is 0 Å². The van der Waals surface area contributed by atoms with Crippen molar-refractivity contribution >= 4 is 22.0 Å². The molecule has 2 saturated heterocycles. The van der Waals surface area contributed by atoms with Crippen LogP contribution >= 0.6 is 0 Å². The predicted octanol–water partition coefficient (Wildman–Crippen LogP) is 19.0. The summed E-state index contributed by atoms with van der Waals surface area (Å²) in [6.07, 6.45) is 8.40. The Hall–Kier alpha value is 2.34. The molecule has 2 bridgehead atoms. The molecule has 2 aliphatic rings. The van der Waals surface area contributed by atoms with E-state index in [2.05, 4.69) is 221 Å². The number of fused-ring (bicyclic) bond motifs is 6. The normalized spacial score (nSPS) is 16.2. The summed E-state index contributed by atoms with van der Waals surface area (Å²) < 4.78 is 86.2. The van der Waals surface area contributed by atoms with Crippen molar-refractivity contribution in [3.8, 4) is 0 Å². The fraction of sp³-hybridized carbons (Fsp3) is 0.906. The summed E-state index contributed by atoms with van der Waals surface area (Å²) in [4.78, 5) is 23.8. The molecule has 19 nitrogen and oxygen atoms in total. The zero-order chi connectivity index (χ0) is 83.2. The van der Waals surface area contributed by atoms with E-state index < -0.39 is 15.6 Å². The van der Waals surface area contributed by atoms with Crippen LogP contribution in [0.4, 0.5) is 4.79 Å². The maximum absolute atomic E-state index is 11.2. The van der Waals surface area contributed by atoms with Crippen LogP contribution in [0.25, 0.3) is 0 Å². The van der Waals surface area contributed by atoms with Crippen molar-refractivity contribution < 1.29 is 197 Å². The summed E-state index contributed by atoms with van der Waals surface area (Å²) in [7, 11) is 4.57. The smallest absolute Gasteiger partial charge is 0.407 e. The van der Waals surface area contributed by atoms with Crippen molar-refractivity contribution in [2.45, 2.75) is 292 Å². The van der Waals surface area contributed by atoms with E-state index in [-0.39, 0.29) is 190 Å². The van der Waals surface area contributed by atoms with Crippen LogP contribution in [0.1, 0.15) is 287 Å². The molecule has 2 amide bonds. The van der Waals surface area contributed by atoms with Crippen molar-refractivity contribution in [2.75, 3.05) is 160 Å². The summed E-state index contributed by atoms with van der Waals surface area (Å²) in [6, 6.07) is 0. The molecular weight excluding hydrogens is 2450 g/mol. The van der Waals surface area contributed by atoms with Gasteiger partial charge in [-0.15, -0.1) is 0 Å². The van der Waals surface area contributed by atoms with E-state index in [0.29, 0.717) is 102 Å². The van der Waals surface area contributed by atoms with Gasteiger partial charge in [0.2, 0.25) is 15.9 Å². The first-order valence-electron chi connectivity index (χ1n) is 38.5. The fourth-order valence-electron chi connectivity index (χ4n) is 9.37. The van der Waals surface area contributed by atoms with Gasteiger partial charge in [0.25, 0.3) is 0 Å². The number of nitrogens with one attached hydrogen (secondary N) is 3. The van der Waals surface area contributed by atoms with Gasteiger partial charge in [-0.25, -0.2) is 17.9 Å². The first kappa shape index (κ1) is 137. The van der Waals surface area contributed by atoms with E-state index in [1.165, 1.54) is 48.7 Å².